The number of piperazine rings is 1. The van der Waals surface area contributed by atoms with E-state index < -0.39 is 35.2 Å². The van der Waals surface area contributed by atoms with Gasteiger partial charge in [0.05, 0.1) is 69.9 Å². The Morgan fingerprint density at radius 2 is 1.56 bits per heavy atom. The van der Waals surface area contributed by atoms with Crippen molar-refractivity contribution in [3.63, 3.8) is 0 Å². The Bertz CT molecular complexity index is 2770. The highest BCUT2D eigenvalue weighted by molar-refractivity contribution is 6.01. The summed E-state index contributed by atoms with van der Waals surface area (Å²) in [6.07, 6.45) is 1.23. The minimum Gasteiger partial charge on any atom is -0.491 e. The Morgan fingerprint density at radius 1 is 0.818 bits per heavy atom. The molecule has 0 saturated carbocycles. The molecule has 8 rings (SSSR count). The number of likely N-dealkylation sites (N-methyl/N-ethyl adjacent to an activating group) is 1. The Balaban J connectivity index is 0.780. The Kier molecular flexibility index (Phi) is 18.4. The first-order valence-electron chi connectivity index (χ1n) is 26.8. The van der Waals surface area contributed by atoms with Crippen LogP contribution < -0.4 is 25.0 Å². The highest BCUT2D eigenvalue weighted by Crippen LogP contribution is 2.36. The van der Waals surface area contributed by atoms with Gasteiger partial charge in [0.15, 0.2) is 0 Å². The van der Waals surface area contributed by atoms with Gasteiger partial charge >= 0.3 is 18.1 Å². The third-order valence-corrected chi connectivity index (χ3v) is 14.0. The van der Waals surface area contributed by atoms with Gasteiger partial charge in [-0.3, -0.25) is 19.3 Å². The summed E-state index contributed by atoms with van der Waals surface area (Å²) in [5.74, 6) is -0.123. The number of nitrogens with two attached hydrogens (primary N) is 1. The molecule has 0 aliphatic carbocycles. The molecule has 5 heterocycles. The van der Waals surface area contributed by atoms with E-state index in [0.29, 0.717) is 95.1 Å². The second kappa shape index (κ2) is 25.1. The predicted octanol–water partition coefficient (Wildman–Crippen LogP) is 6.04. The van der Waals surface area contributed by atoms with Crippen molar-refractivity contribution in [2.24, 2.45) is 5.73 Å². The summed E-state index contributed by atoms with van der Waals surface area (Å²) < 4.78 is 41.3. The highest BCUT2D eigenvalue weighted by Gasteiger charge is 2.38. The number of fused-ring (bicyclic) bond motifs is 3. The van der Waals surface area contributed by atoms with Crippen LogP contribution in [0.15, 0.2) is 60.7 Å². The van der Waals surface area contributed by atoms with E-state index in [4.69, 9.17) is 48.9 Å². The molecule has 3 amide bonds. The van der Waals surface area contributed by atoms with E-state index in [-0.39, 0.29) is 56.5 Å². The number of esters is 1. The van der Waals surface area contributed by atoms with Crippen molar-refractivity contribution in [2.75, 3.05) is 95.8 Å². The molecule has 4 aliphatic rings. The van der Waals surface area contributed by atoms with Crippen LogP contribution in [0.5, 0.6) is 11.8 Å². The van der Waals surface area contributed by atoms with E-state index in [1.807, 2.05) is 20.8 Å². The normalized spacial score (nSPS) is 19.2. The van der Waals surface area contributed by atoms with Crippen molar-refractivity contribution in [3.8, 4) is 17.8 Å². The summed E-state index contributed by atoms with van der Waals surface area (Å²) in [4.78, 5) is 71.2. The molecule has 1 unspecified atom stereocenters. The van der Waals surface area contributed by atoms with Crippen LogP contribution >= 0.6 is 0 Å². The lowest BCUT2D eigenvalue weighted by atomic mass is 10.0. The number of hydrogen-bond donors (Lipinski definition) is 1. The number of amides is 3. The van der Waals surface area contributed by atoms with E-state index >= 15 is 0 Å². The first-order valence-corrected chi connectivity index (χ1v) is 26.8. The molecule has 20 nitrogen and oxygen atoms in total. The van der Waals surface area contributed by atoms with Crippen LogP contribution in [0, 0.1) is 11.3 Å². The number of ether oxygens (including phenoxy) is 7. The van der Waals surface area contributed by atoms with Gasteiger partial charge in [0.25, 0.3) is 5.91 Å². The number of carbonyl (C=O) groups excluding carboxylic acids is 4. The van der Waals surface area contributed by atoms with Crippen LogP contribution in [0.25, 0.3) is 10.8 Å². The van der Waals surface area contributed by atoms with Crippen LogP contribution in [0.1, 0.15) is 94.4 Å². The van der Waals surface area contributed by atoms with Crippen molar-refractivity contribution < 1.29 is 52.3 Å². The molecule has 414 valence electrons. The van der Waals surface area contributed by atoms with E-state index in [9.17, 15) is 24.4 Å². The topological polar surface area (TPSA) is 225 Å². The Morgan fingerprint density at radius 3 is 2.31 bits per heavy atom. The monoisotopic (exact) mass is 1060 g/mol. The summed E-state index contributed by atoms with van der Waals surface area (Å²) in [5.41, 5.74) is 8.61. The molecule has 2 saturated heterocycles. The first-order chi connectivity index (χ1) is 36.8. The van der Waals surface area contributed by atoms with Gasteiger partial charge < -0.3 is 58.5 Å². The lowest BCUT2D eigenvalue weighted by Crippen LogP contribution is -2.56. The quantitative estimate of drug-likeness (QED) is 0.0699. The van der Waals surface area contributed by atoms with Gasteiger partial charge in [0, 0.05) is 73.9 Å². The lowest BCUT2D eigenvalue weighted by molar-refractivity contribution is -0.155. The molecule has 3 aromatic carbocycles. The molecule has 2 N–H and O–H groups in total. The number of hydrogen-bond acceptors (Lipinski definition) is 17. The van der Waals surface area contributed by atoms with E-state index in [1.54, 1.807) is 43.9 Å². The van der Waals surface area contributed by atoms with Gasteiger partial charge in [0.1, 0.15) is 42.0 Å². The lowest BCUT2D eigenvalue weighted by Gasteiger charge is -2.42. The van der Waals surface area contributed by atoms with Gasteiger partial charge in [0.2, 0.25) is 5.91 Å². The van der Waals surface area contributed by atoms with E-state index in [2.05, 4.69) is 70.3 Å². The molecule has 2 fully saturated rings. The number of nitrogens with zero attached hydrogens (tertiary/aromatic N) is 8. The van der Waals surface area contributed by atoms with Crippen molar-refractivity contribution in [2.45, 2.75) is 122 Å². The fourth-order valence-electron chi connectivity index (χ4n) is 10.4. The zero-order valence-corrected chi connectivity index (χ0v) is 45.7. The van der Waals surface area contributed by atoms with Crippen molar-refractivity contribution >= 4 is 46.2 Å². The maximum atomic E-state index is 13.3. The summed E-state index contributed by atoms with van der Waals surface area (Å²) in [6.45, 7) is 17.0. The molecule has 0 radical (unpaired) electrons. The number of carbonyl (C=O) groups is 4. The minimum atomic E-state index is -0.951. The van der Waals surface area contributed by atoms with Crippen LogP contribution in [0.4, 0.5) is 16.3 Å². The number of nitriles is 1. The largest absolute Gasteiger partial charge is 0.491 e. The molecule has 20 heteroatoms. The highest BCUT2D eigenvalue weighted by atomic mass is 16.6. The minimum absolute atomic E-state index is 0.00708. The molecular weight excluding hydrogens is 987 g/mol. The average Bonchev–Trinajstić information content (AvgIpc) is 3.91. The third-order valence-electron chi connectivity index (χ3n) is 14.0. The zero-order valence-electron chi connectivity index (χ0n) is 45.7. The second-order valence-electron chi connectivity index (χ2n) is 22.1. The number of likely N-dealkylation sites (tertiary alicyclic amines) is 1. The predicted molar refractivity (Wildman–Crippen MR) is 288 cm³/mol. The third kappa shape index (κ3) is 14.8. The summed E-state index contributed by atoms with van der Waals surface area (Å²) in [5, 5.41) is 12.2. The molecule has 0 bridgehead atoms. The maximum Gasteiger partial charge on any atom is 0.410 e. The van der Waals surface area contributed by atoms with Gasteiger partial charge in [-0.1, -0.05) is 36.4 Å². The van der Waals surface area contributed by atoms with Crippen LogP contribution in [-0.4, -0.2) is 170 Å². The Hall–Kier alpha value is -6.79. The number of anilines is 2. The van der Waals surface area contributed by atoms with Gasteiger partial charge in [-0.15, -0.1) is 0 Å². The van der Waals surface area contributed by atoms with Crippen molar-refractivity contribution in [1.29, 1.82) is 5.26 Å². The maximum absolute atomic E-state index is 13.3. The summed E-state index contributed by atoms with van der Waals surface area (Å²) in [7, 11) is 2.06. The molecular formula is C57H75N9O11. The van der Waals surface area contributed by atoms with E-state index in [0.717, 1.165) is 42.3 Å². The average molecular weight is 1060 g/mol. The smallest absolute Gasteiger partial charge is 0.410 e. The van der Waals surface area contributed by atoms with Gasteiger partial charge in [-0.25, -0.2) is 4.79 Å². The fraction of sp³-hybridized carbons (Fsp3) is 0.561. The number of aromatic nitrogens is 2. The molecule has 4 atom stereocenters. The van der Waals surface area contributed by atoms with Gasteiger partial charge in [-0.2, -0.15) is 15.2 Å². The molecule has 0 spiro atoms. The standard InChI is InChI=1S/C57H75N9O11/c1-56(2,3)76-50(67)18-17-49(51(59)68)66-33-39-31-42(15-16-45(39)53(66)69)73-29-27-71-25-26-72-28-30-74-43-32-41(62(7)35-43)37-75-54-60-47-36-63(48-14-10-12-38-11-8-9-13-44(38)48)22-20-46(47)52(61-54)64-23-24-65(40(34-64)19-21-58)55(70)77-57(4,5)6/h8-16,31,40-41,43,49H,17-20,22-30,32-37H2,1-7H3,(H2,59,68)/t40-,41-,43+,49?/m0/s1. The van der Waals surface area contributed by atoms with Crippen molar-refractivity contribution in [3.05, 3.63) is 83.0 Å². The van der Waals surface area contributed by atoms with Crippen molar-refractivity contribution in [1.82, 2.24) is 24.7 Å². The molecule has 1 aromatic heterocycles. The Labute approximate surface area is 451 Å². The SMILES string of the molecule is CN1C[C@H](OCCOCCOCCOc2ccc3c(c2)CN(C(CCC(=O)OC(C)(C)C)C(N)=O)C3=O)C[C@H]1COc1nc2c(c(N3CCN(C(=O)OC(C)(C)C)[C@@H](CC#N)C3)n1)CCN(c1cccc3ccccc13)C2. The molecule has 4 aromatic rings. The fourth-order valence-corrected chi connectivity index (χ4v) is 10.4. The summed E-state index contributed by atoms with van der Waals surface area (Å²) in [6, 6.07) is 21.3. The van der Waals surface area contributed by atoms with Crippen LogP contribution in [0.2, 0.25) is 0 Å². The zero-order chi connectivity index (χ0) is 54.9. The number of primary amides is 1. The molecule has 77 heavy (non-hydrogen) atoms. The molecule has 4 aliphatic heterocycles. The second-order valence-corrected chi connectivity index (χ2v) is 22.1. The number of benzene rings is 3. The van der Waals surface area contributed by atoms with Crippen LogP contribution in [-0.2, 0) is 52.8 Å². The first kappa shape index (κ1) is 56.4. The summed E-state index contributed by atoms with van der Waals surface area (Å²) >= 11 is 0. The van der Waals surface area contributed by atoms with Crippen LogP contribution in [0.3, 0.4) is 0 Å². The van der Waals surface area contributed by atoms with E-state index in [1.165, 1.54) is 15.7 Å². The van der Waals surface area contributed by atoms with Gasteiger partial charge in [-0.05, 0) is 103 Å². The number of rotatable bonds is 22.